The number of aliphatic imine (C=N–C) groups is 1. The predicted molar refractivity (Wildman–Crippen MR) is 37.3 cm³/mol. The minimum atomic E-state index is 0.398. The van der Waals surface area contributed by atoms with Crippen LogP contribution in [0.25, 0.3) is 0 Å². The van der Waals surface area contributed by atoms with Gasteiger partial charge in [0, 0.05) is 5.70 Å². The summed E-state index contributed by atoms with van der Waals surface area (Å²) in [5.74, 6) is 0. The largest absolute Gasteiger partial charge is 0.348 e. The zero-order valence-corrected chi connectivity index (χ0v) is 5.04. The summed E-state index contributed by atoms with van der Waals surface area (Å²) in [7, 11) is 0. The molecule has 0 amide bonds. The van der Waals surface area contributed by atoms with Gasteiger partial charge < -0.3 is 5.32 Å². The van der Waals surface area contributed by atoms with Gasteiger partial charge in [-0.3, -0.25) is 4.99 Å². The van der Waals surface area contributed by atoms with Crippen molar-refractivity contribution in [3.63, 3.8) is 0 Å². The fourth-order valence-electron chi connectivity index (χ4n) is 1.10. The van der Waals surface area contributed by atoms with Crippen molar-refractivity contribution in [1.29, 1.82) is 0 Å². The topological polar surface area (TPSA) is 24.4 Å². The lowest BCUT2D eigenvalue weighted by Crippen LogP contribution is -2.13. The van der Waals surface area contributed by atoms with Gasteiger partial charge in [-0.25, -0.2) is 0 Å². The van der Waals surface area contributed by atoms with Crippen molar-refractivity contribution >= 4 is 6.34 Å². The van der Waals surface area contributed by atoms with Gasteiger partial charge in [0.05, 0.1) is 12.4 Å². The summed E-state index contributed by atoms with van der Waals surface area (Å²) in [6.07, 6.45) is 9.09. The van der Waals surface area contributed by atoms with E-state index in [2.05, 4.69) is 28.5 Å². The molecule has 2 heteroatoms. The van der Waals surface area contributed by atoms with Crippen molar-refractivity contribution in [3.05, 3.63) is 23.9 Å². The number of hydrogen-bond acceptors (Lipinski definition) is 2. The molecule has 1 unspecified atom stereocenters. The summed E-state index contributed by atoms with van der Waals surface area (Å²) in [6, 6.07) is 0.398. The van der Waals surface area contributed by atoms with Crippen LogP contribution in [-0.4, -0.2) is 12.4 Å². The van der Waals surface area contributed by atoms with E-state index < -0.39 is 0 Å². The van der Waals surface area contributed by atoms with E-state index in [0.717, 1.165) is 6.42 Å². The third kappa shape index (κ3) is 0.669. The van der Waals surface area contributed by atoms with Gasteiger partial charge in [0.2, 0.25) is 0 Å². The van der Waals surface area contributed by atoms with Crippen LogP contribution in [0.2, 0.25) is 0 Å². The van der Waals surface area contributed by atoms with E-state index in [9.17, 15) is 0 Å². The molecule has 0 aromatic carbocycles. The van der Waals surface area contributed by atoms with Crippen LogP contribution in [0.15, 0.2) is 28.9 Å². The first-order chi connectivity index (χ1) is 4.47. The molecule has 0 aromatic heterocycles. The standard InChI is InChI=1S/C7H8N2/c1-2-4-7-6(3-1)8-5-9-7/h1-3,5,7H,4H2,(H,8,9). The molecule has 9 heavy (non-hydrogen) atoms. The van der Waals surface area contributed by atoms with Gasteiger partial charge in [0.25, 0.3) is 0 Å². The number of fused-ring (bicyclic) bond motifs is 1. The molecule has 1 aliphatic carbocycles. The Labute approximate surface area is 54.0 Å². The van der Waals surface area contributed by atoms with Crippen molar-refractivity contribution in [2.24, 2.45) is 4.99 Å². The zero-order chi connectivity index (χ0) is 6.10. The summed E-state index contributed by atoms with van der Waals surface area (Å²) in [5.41, 5.74) is 1.23. The summed E-state index contributed by atoms with van der Waals surface area (Å²) < 4.78 is 0. The molecule has 0 saturated heterocycles. The smallest absolute Gasteiger partial charge is 0.0949 e. The Morgan fingerprint density at radius 1 is 1.67 bits per heavy atom. The second-order valence-corrected chi connectivity index (χ2v) is 2.22. The highest BCUT2D eigenvalue weighted by Gasteiger charge is 2.15. The van der Waals surface area contributed by atoms with Gasteiger partial charge in [0.15, 0.2) is 0 Å². The molecule has 0 aromatic rings. The molecular formula is C7H8N2. The maximum Gasteiger partial charge on any atom is 0.0949 e. The second kappa shape index (κ2) is 1.72. The molecule has 1 aliphatic heterocycles. The zero-order valence-electron chi connectivity index (χ0n) is 5.04. The average Bonchev–Trinajstić information content (AvgIpc) is 2.33. The lowest BCUT2D eigenvalue weighted by molar-refractivity contribution is 0.784. The SMILES string of the molecule is C1=CCC2N=CNC2=C1. The molecule has 2 rings (SSSR count). The molecule has 46 valence electrons. The molecule has 1 heterocycles. The van der Waals surface area contributed by atoms with Gasteiger partial charge in [0.1, 0.15) is 0 Å². The third-order valence-corrected chi connectivity index (χ3v) is 1.62. The molecule has 2 nitrogen and oxygen atoms in total. The Bertz CT molecular complexity index is 201. The highest BCUT2D eigenvalue weighted by Crippen LogP contribution is 2.16. The first kappa shape index (κ1) is 4.79. The van der Waals surface area contributed by atoms with E-state index in [0.29, 0.717) is 6.04 Å². The third-order valence-electron chi connectivity index (χ3n) is 1.62. The molecule has 0 bridgehead atoms. The van der Waals surface area contributed by atoms with E-state index >= 15 is 0 Å². The molecule has 0 saturated carbocycles. The fraction of sp³-hybridized carbons (Fsp3) is 0.286. The Kier molecular flexibility index (Phi) is 0.918. The number of rotatable bonds is 0. The van der Waals surface area contributed by atoms with Crippen LogP contribution in [0.1, 0.15) is 6.42 Å². The van der Waals surface area contributed by atoms with E-state index in [4.69, 9.17) is 0 Å². The highest BCUT2D eigenvalue weighted by molar-refractivity contribution is 5.63. The van der Waals surface area contributed by atoms with Crippen LogP contribution in [-0.2, 0) is 0 Å². The molecule has 0 fully saturated rings. The van der Waals surface area contributed by atoms with Gasteiger partial charge >= 0.3 is 0 Å². The summed E-state index contributed by atoms with van der Waals surface area (Å²) >= 11 is 0. The van der Waals surface area contributed by atoms with E-state index in [1.807, 2.05) is 0 Å². The molecule has 0 radical (unpaired) electrons. The van der Waals surface area contributed by atoms with Crippen LogP contribution in [0, 0.1) is 0 Å². The molecular weight excluding hydrogens is 112 g/mol. The van der Waals surface area contributed by atoms with Crippen molar-refractivity contribution in [1.82, 2.24) is 5.32 Å². The fourth-order valence-corrected chi connectivity index (χ4v) is 1.10. The van der Waals surface area contributed by atoms with Crippen LogP contribution in [0.4, 0.5) is 0 Å². The minimum Gasteiger partial charge on any atom is -0.348 e. The van der Waals surface area contributed by atoms with E-state index in [1.54, 1.807) is 6.34 Å². The summed E-state index contributed by atoms with van der Waals surface area (Å²) in [4.78, 5) is 4.20. The number of allylic oxidation sites excluding steroid dienone is 2. The molecule has 2 aliphatic rings. The van der Waals surface area contributed by atoms with Crippen LogP contribution >= 0.6 is 0 Å². The predicted octanol–water partition coefficient (Wildman–Crippen LogP) is 0.830. The quantitative estimate of drug-likeness (QED) is 0.503. The Morgan fingerprint density at radius 2 is 2.67 bits per heavy atom. The van der Waals surface area contributed by atoms with Gasteiger partial charge in [-0.2, -0.15) is 0 Å². The highest BCUT2D eigenvalue weighted by atomic mass is 15.1. The number of nitrogens with one attached hydrogen (secondary N) is 1. The normalized spacial score (nSPS) is 29.3. The van der Waals surface area contributed by atoms with Gasteiger partial charge in [-0.05, 0) is 12.5 Å². The number of nitrogens with zero attached hydrogens (tertiary/aromatic N) is 1. The monoisotopic (exact) mass is 120 g/mol. The molecule has 0 spiro atoms. The lowest BCUT2D eigenvalue weighted by Gasteiger charge is -2.08. The van der Waals surface area contributed by atoms with Crippen molar-refractivity contribution < 1.29 is 0 Å². The number of hydrogen-bond donors (Lipinski definition) is 1. The molecule has 1 N–H and O–H groups in total. The van der Waals surface area contributed by atoms with Crippen LogP contribution in [0.3, 0.4) is 0 Å². The maximum atomic E-state index is 4.20. The summed E-state index contributed by atoms with van der Waals surface area (Å²) in [6.45, 7) is 0. The van der Waals surface area contributed by atoms with E-state index in [1.165, 1.54) is 5.70 Å². The first-order valence-electron chi connectivity index (χ1n) is 3.12. The Hall–Kier alpha value is -1.05. The molecule has 1 atom stereocenters. The average molecular weight is 120 g/mol. The van der Waals surface area contributed by atoms with E-state index in [-0.39, 0.29) is 0 Å². The maximum absolute atomic E-state index is 4.20. The van der Waals surface area contributed by atoms with Crippen molar-refractivity contribution in [2.45, 2.75) is 12.5 Å². The van der Waals surface area contributed by atoms with Crippen LogP contribution in [0.5, 0.6) is 0 Å². The van der Waals surface area contributed by atoms with Crippen molar-refractivity contribution in [3.8, 4) is 0 Å². The van der Waals surface area contributed by atoms with Crippen LogP contribution < -0.4 is 5.32 Å². The Morgan fingerprint density at radius 3 is 3.56 bits per heavy atom. The second-order valence-electron chi connectivity index (χ2n) is 2.22. The Balaban J connectivity index is 2.29. The first-order valence-corrected chi connectivity index (χ1v) is 3.12. The van der Waals surface area contributed by atoms with Crippen molar-refractivity contribution in [2.75, 3.05) is 0 Å². The lowest BCUT2D eigenvalue weighted by atomic mass is 10.1. The van der Waals surface area contributed by atoms with Gasteiger partial charge in [-0.15, -0.1) is 0 Å². The van der Waals surface area contributed by atoms with Gasteiger partial charge in [-0.1, -0.05) is 12.2 Å². The minimum absolute atomic E-state index is 0.398. The summed E-state index contributed by atoms with van der Waals surface area (Å²) in [5, 5.41) is 3.08.